The summed E-state index contributed by atoms with van der Waals surface area (Å²) in [6, 6.07) is 6.14. The molecule has 0 aliphatic carbocycles. The van der Waals surface area contributed by atoms with E-state index in [1.165, 1.54) is 5.56 Å². The van der Waals surface area contributed by atoms with E-state index in [4.69, 9.17) is 17.3 Å². The van der Waals surface area contributed by atoms with Crippen molar-refractivity contribution in [1.29, 1.82) is 0 Å². The largest absolute Gasteiger partial charge is 0.328 e. The van der Waals surface area contributed by atoms with Gasteiger partial charge in [-0.05, 0) is 44.0 Å². The van der Waals surface area contributed by atoms with Gasteiger partial charge in [0.05, 0.1) is 10.5 Å². The van der Waals surface area contributed by atoms with Gasteiger partial charge in [0, 0.05) is 23.5 Å². The van der Waals surface area contributed by atoms with Crippen LogP contribution in [0.2, 0.25) is 5.02 Å². The minimum absolute atomic E-state index is 0.124. The van der Waals surface area contributed by atoms with Crippen LogP contribution in [0, 0.1) is 13.8 Å². The molecule has 1 aromatic carbocycles. The number of rotatable bonds is 2. The fourth-order valence-electron chi connectivity index (χ4n) is 2.12. The van der Waals surface area contributed by atoms with Crippen molar-refractivity contribution in [2.45, 2.75) is 33.2 Å². The summed E-state index contributed by atoms with van der Waals surface area (Å²) in [6.45, 7) is 6.12. The fourth-order valence-corrected chi connectivity index (χ4v) is 2.42. The summed E-state index contributed by atoms with van der Waals surface area (Å²) in [7, 11) is 0. The number of nitrogens with two attached hydrogens (primary N) is 1. The van der Waals surface area contributed by atoms with E-state index in [9.17, 15) is 0 Å². The first-order chi connectivity index (χ1) is 7.99. The minimum atomic E-state index is 0.124. The summed E-state index contributed by atoms with van der Waals surface area (Å²) >= 11 is 6.23. The summed E-state index contributed by atoms with van der Waals surface area (Å²) in [5, 5.41) is 1.82. The molecule has 1 heterocycles. The fraction of sp³-hybridized carbons (Fsp3) is 0.357. The Labute approximate surface area is 107 Å². The molecule has 1 unspecified atom stereocenters. The van der Waals surface area contributed by atoms with Crippen LogP contribution in [0.4, 0.5) is 0 Å². The van der Waals surface area contributed by atoms with Gasteiger partial charge >= 0.3 is 0 Å². The molecule has 0 spiro atoms. The zero-order valence-electron chi connectivity index (χ0n) is 10.4. The van der Waals surface area contributed by atoms with Crippen LogP contribution in [-0.4, -0.2) is 11.0 Å². The third-order valence-electron chi connectivity index (χ3n) is 2.89. The molecule has 17 heavy (non-hydrogen) atoms. The Bertz CT molecular complexity index is 562. The van der Waals surface area contributed by atoms with E-state index in [0.29, 0.717) is 0 Å². The molecule has 2 nitrogen and oxygen atoms in total. The van der Waals surface area contributed by atoms with Gasteiger partial charge in [-0.25, -0.2) is 0 Å². The van der Waals surface area contributed by atoms with E-state index >= 15 is 0 Å². The lowest BCUT2D eigenvalue weighted by molar-refractivity contribution is 0.724. The lowest BCUT2D eigenvalue weighted by Crippen LogP contribution is -2.18. The van der Waals surface area contributed by atoms with Crippen LogP contribution in [0.5, 0.6) is 0 Å². The number of nitrogens with zero attached hydrogens (tertiary/aromatic N) is 1. The smallest absolute Gasteiger partial charge is 0.0752 e. The van der Waals surface area contributed by atoms with E-state index in [2.05, 4.69) is 24.9 Å². The Kier molecular flexibility index (Phi) is 3.36. The Hall–Kier alpha value is -1.12. The summed E-state index contributed by atoms with van der Waals surface area (Å²) in [6.07, 6.45) is 0.794. The molecule has 2 N–H and O–H groups in total. The SMILES string of the molecule is Cc1ccc(Cl)c2c(C)cc(CC(C)N)nc12. The molecule has 0 aliphatic heterocycles. The zero-order chi connectivity index (χ0) is 12.6. The van der Waals surface area contributed by atoms with Gasteiger partial charge in [0.15, 0.2) is 0 Å². The van der Waals surface area contributed by atoms with Gasteiger partial charge in [0.1, 0.15) is 0 Å². The van der Waals surface area contributed by atoms with E-state index in [1.807, 2.05) is 19.1 Å². The summed E-state index contributed by atoms with van der Waals surface area (Å²) in [4.78, 5) is 4.67. The van der Waals surface area contributed by atoms with Gasteiger partial charge < -0.3 is 5.73 Å². The highest BCUT2D eigenvalue weighted by atomic mass is 35.5. The number of aromatic nitrogens is 1. The third kappa shape index (κ3) is 2.43. The monoisotopic (exact) mass is 248 g/mol. The maximum absolute atomic E-state index is 6.23. The first-order valence-electron chi connectivity index (χ1n) is 5.80. The molecule has 90 valence electrons. The molecule has 0 amide bonds. The van der Waals surface area contributed by atoms with Gasteiger partial charge in [0.25, 0.3) is 0 Å². The number of halogens is 1. The van der Waals surface area contributed by atoms with Crippen molar-refractivity contribution in [3.8, 4) is 0 Å². The highest BCUT2D eigenvalue weighted by Crippen LogP contribution is 2.28. The van der Waals surface area contributed by atoms with E-state index in [0.717, 1.165) is 33.6 Å². The first kappa shape index (κ1) is 12.3. The average Bonchev–Trinajstić information content (AvgIpc) is 2.22. The maximum Gasteiger partial charge on any atom is 0.0752 e. The molecule has 2 rings (SSSR count). The molecular weight excluding hydrogens is 232 g/mol. The lowest BCUT2D eigenvalue weighted by Gasteiger charge is -2.11. The van der Waals surface area contributed by atoms with Crippen molar-refractivity contribution in [2.24, 2.45) is 5.73 Å². The van der Waals surface area contributed by atoms with E-state index < -0.39 is 0 Å². The predicted molar refractivity (Wildman–Crippen MR) is 73.6 cm³/mol. The van der Waals surface area contributed by atoms with Crippen LogP contribution >= 0.6 is 11.6 Å². The molecule has 0 bridgehead atoms. The lowest BCUT2D eigenvalue weighted by atomic mass is 10.0. The van der Waals surface area contributed by atoms with Crippen LogP contribution in [0.15, 0.2) is 18.2 Å². The van der Waals surface area contributed by atoms with Crippen LogP contribution < -0.4 is 5.73 Å². The Morgan fingerprint density at radius 2 is 2.00 bits per heavy atom. The van der Waals surface area contributed by atoms with Gasteiger partial charge in [-0.15, -0.1) is 0 Å². The van der Waals surface area contributed by atoms with Gasteiger partial charge in [0.2, 0.25) is 0 Å². The number of hydrogen-bond acceptors (Lipinski definition) is 2. The second kappa shape index (κ2) is 4.63. The highest BCUT2D eigenvalue weighted by molar-refractivity contribution is 6.35. The molecule has 2 aromatic rings. The number of benzene rings is 1. The second-order valence-corrected chi connectivity index (χ2v) is 5.11. The number of hydrogen-bond donors (Lipinski definition) is 1. The van der Waals surface area contributed by atoms with Crippen molar-refractivity contribution in [2.75, 3.05) is 0 Å². The summed E-state index contributed by atoms with van der Waals surface area (Å²) < 4.78 is 0. The maximum atomic E-state index is 6.23. The summed E-state index contributed by atoms with van der Waals surface area (Å²) in [5.74, 6) is 0. The molecular formula is C14H17ClN2. The van der Waals surface area contributed by atoms with Crippen LogP contribution in [0.1, 0.15) is 23.7 Å². The minimum Gasteiger partial charge on any atom is -0.328 e. The highest BCUT2D eigenvalue weighted by Gasteiger charge is 2.09. The normalized spacial score (nSPS) is 13.0. The number of fused-ring (bicyclic) bond motifs is 1. The number of aryl methyl sites for hydroxylation is 2. The zero-order valence-corrected chi connectivity index (χ0v) is 11.2. The molecule has 0 saturated heterocycles. The van der Waals surface area contributed by atoms with Crippen molar-refractivity contribution in [3.05, 3.63) is 40.0 Å². The molecule has 0 saturated carbocycles. The Morgan fingerprint density at radius 3 is 2.65 bits per heavy atom. The van der Waals surface area contributed by atoms with Crippen molar-refractivity contribution >= 4 is 22.5 Å². The molecule has 0 aliphatic rings. The van der Waals surface area contributed by atoms with Crippen LogP contribution in [0.25, 0.3) is 10.9 Å². The quantitative estimate of drug-likeness (QED) is 0.885. The van der Waals surface area contributed by atoms with E-state index in [1.54, 1.807) is 0 Å². The van der Waals surface area contributed by atoms with Gasteiger partial charge in [-0.3, -0.25) is 4.98 Å². The molecule has 1 aromatic heterocycles. The number of pyridine rings is 1. The predicted octanol–water partition coefficient (Wildman–Crippen LogP) is 3.39. The van der Waals surface area contributed by atoms with Crippen molar-refractivity contribution < 1.29 is 0 Å². The van der Waals surface area contributed by atoms with Crippen LogP contribution in [0.3, 0.4) is 0 Å². The standard InChI is InChI=1S/C14H17ClN2/c1-8-4-5-12(15)13-9(2)6-11(7-10(3)16)17-14(8)13/h4-6,10H,7,16H2,1-3H3. The summed E-state index contributed by atoms with van der Waals surface area (Å²) in [5.41, 5.74) is 10.2. The molecule has 1 atom stereocenters. The molecule has 0 radical (unpaired) electrons. The molecule has 3 heteroatoms. The molecule has 0 fully saturated rings. The van der Waals surface area contributed by atoms with Gasteiger partial charge in [-0.2, -0.15) is 0 Å². The van der Waals surface area contributed by atoms with Crippen molar-refractivity contribution in [1.82, 2.24) is 4.98 Å². The van der Waals surface area contributed by atoms with Gasteiger partial charge in [-0.1, -0.05) is 17.7 Å². The van der Waals surface area contributed by atoms with E-state index in [-0.39, 0.29) is 6.04 Å². The second-order valence-electron chi connectivity index (χ2n) is 4.70. The first-order valence-corrected chi connectivity index (χ1v) is 6.17. The van der Waals surface area contributed by atoms with Crippen LogP contribution in [-0.2, 0) is 6.42 Å². The Morgan fingerprint density at radius 1 is 1.29 bits per heavy atom. The third-order valence-corrected chi connectivity index (χ3v) is 3.21. The topological polar surface area (TPSA) is 38.9 Å². The average molecular weight is 249 g/mol. The van der Waals surface area contributed by atoms with Crippen molar-refractivity contribution in [3.63, 3.8) is 0 Å². The Balaban J connectivity index is 2.68.